The summed E-state index contributed by atoms with van der Waals surface area (Å²) in [6.45, 7) is 0.937. The smallest absolute Gasteiger partial charge is 0.220 e. The minimum absolute atomic E-state index is 0.0602. The van der Waals surface area contributed by atoms with Crippen LogP contribution in [0.5, 0.6) is 0 Å². The average molecular weight is 223 g/mol. The molecule has 5 nitrogen and oxygen atoms in total. The maximum atomic E-state index is 11.0. The highest BCUT2D eigenvalue weighted by atomic mass is 32.2. The molecule has 6 heteroatoms. The van der Waals surface area contributed by atoms with Gasteiger partial charge in [-0.15, -0.1) is 0 Å². The molecule has 0 radical (unpaired) electrons. The Morgan fingerprint density at radius 1 is 1.43 bits per heavy atom. The third-order valence-electron chi connectivity index (χ3n) is 1.55. The number of sulfone groups is 1. The van der Waals surface area contributed by atoms with Crippen molar-refractivity contribution in [3.63, 3.8) is 0 Å². The molecule has 1 amide bonds. The van der Waals surface area contributed by atoms with Crippen LogP contribution in [0, 0.1) is 0 Å². The zero-order chi connectivity index (χ0) is 11.0. The summed E-state index contributed by atoms with van der Waals surface area (Å²) < 4.78 is 26.2. The summed E-state index contributed by atoms with van der Waals surface area (Å²) in [6, 6.07) is 0. The molecule has 0 heterocycles. The van der Waals surface area contributed by atoms with Gasteiger partial charge < -0.3 is 10.1 Å². The monoisotopic (exact) mass is 223 g/mol. The minimum Gasteiger partial charge on any atom is -0.383 e. The van der Waals surface area contributed by atoms with Crippen molar-refractivity contribution in [1.29, 1.82) is 0 Å². The summed E-state index contributed by atoms with van der Waals surface area (Å²) in [5.74, 6) is -0.0734. The Morgan fingerprint density at radius 2 is 2.07 bits per heavy atom. The summed E-state index contributed by atoms with van der Waals surface area (Å²) >= 11 is 0. The maximum absolute atomic E-state index is 11.0. The van der Waals surface area contributed by atoms with Crippen LogP contribution in [0.3, 0.4) is 0 Å². The van der Waals surface area contributed by atoms with E-state index in [1.807, 2.05) is 0 Å². The van der Waals surface area contributed by atoms with Crippen LogP contribution in [-0.2, 0) is 19.4 Å². The third-order valence-corrected chi connectivity index (χ3v) is 2.58. The minimum atomic E-state index is -2.95. The van der Waals surface area contributed by atoms with Crippen LogP contribution in [0.25, 0.3) is 0 Å². The molecule has 0 fully saturated rings. The van der Waals surface area contributed by atoms with Crippen LogP contribution >= 0.6 is 0 Å². The van der Waals surface area contributed by atoms with Gasteiger partial charge in [-0.25, -0.2) is 8.42 Å². The molecule has 1 N–H and O–H groups in total. The van der Waals surface area contributed by atoms with Crippen molar-refractivity contribution in [3.8, 4) is 0 Å². The van der Waals surface area contributed by atoms with E-state index in [9.17, 15) is 13.2 Å². The fourth-order valence-electron chi connectivity index (χ4n) is 0.876. The van der Waals surface area contributed by atoms with Crippen molar-refractivity contribution in [2.75, 3.05) is 32.3 Å². The van der Waals surface area contributed by atoms with E-state index in [2.05, 4.69) is 5.32 Å². The number of methoxy groups -OCH3 is 1. The Morgan fingerprint density at radius 3 is 2.57 bits per heavy atom. The second-order valence-electron chi connectivity index (χ2n) is 3.08. The predicted octanol–water partition coefficient (Wildman–Crippen LogP) is -0.426. The van der Waals surface area contributed by atoms with Crippen LogP contribution < -0.4 is 5.32 Å². The Labute approximate surface area is 84.7 Å². The summed E-state index contributed by atoms with van der Waals surface area (Å²) in [5.41, 5.74) is 0. The van der Waals surface area contributed by atoms with Crippen LogP contribution in [0.1, 0.15) is 12.8 Å². The molecule has 0 aliphatic rings. The molecule has 14 heavy (non-hydrogen) atoms. The van der Waals surface area contributed by atoms with Gasteiger partial charge in [-0.05, 0) is 6.42 Å². The maximum Gasteiger partial charge on any atom is 0.220 e. The Hall–Kier alpha value is -0.620. The standard InChI is InChI=1S/C8H17NO4S/c1-13-6-5-9-8(10)4-3-7-14(2,11)12/h3-7H2,1-2H3,(H,9,10). The molecule has 84 valence electrons. The van der Waals surface area contributed by atoms with Gasteiger partial charge in [0.15, 0.2) is 0 Å². The van der Waals surface area contributed by atoms with Gasteiger partial charge in [0, 0.05) is 26.3 Å². The molecule has 0 saturated carbocycles. The zero-order valence-electron chi connectivity index (χ0n) is 8.58. The van der Waals surface area contributed by atoms with Gasteiger partial charge in [-0.3, -0.25) is 4.79 Å². The largest absolute Gasteiger partial charge is 0.383 e. The van der Waals surface area contributed by atoms with Gasteiger partial charge in [0.2, 0.25) is 5.91 Å². The first kappa shape index (κ1) is 13.4. The Balaban J connectivity index is 3.45. The normalized spacial score (nSPS) is 11.3. The number of nitrogens with one attached hydrogen (secondary N) is 1. The Kier molecular flexibility index (Phi) is 6.48. The SMILES string of the molecule is COCCNC(=O)CCCS(C)(=O)=O. The molecule has 0 aromatic rings. The molecule has 0 aromatic carbocycles. The van der Waals surface area contributed by atoms with E-state index >= 15 is 0 Å². The molecule has 0 atom stereocenters. The van der Waals surface area contributed by atoms with Gasteiger partial charge in [0.25, 0.3) is 0 Å². The van der Waals surface area contributed by atoms with Gasteiger partial charge in [0.1, 0.15) is 9.84 Å². The highest BCUT2D eigenvalue weighted by Crippen LogP contribution is 1.93. The van der Waals surface area contributed by atoms with Crippen LogP contribution in [0.15, 0.2) is 0 Å². The van der Waals surface area contributed by atoms with Crippen molar-refractivity contribution in [2.24, 2.45) is 0 Å². The highest BCUT2D eigenvalue weighted by Gasteiger charge is 2.05. The molecular weight excluding hydrogens is 206 g/mol. The lowest BCUT2D eigenvalue weighted by molar-refractivity contribution is -0.121. The number of carbonyl (C=O) groups is 1. The summed E-state index contributed by atoms with van der Waals surface area (Å²) in [4.78, 5) is 11.0. The van der Waals surface area contributed by atoms with E-state index in [1.54, 1.807) is 7.11 Å². The van der Waals surface area contributed by atoms with Crippen molar-refractivity contribution >= 4 is 15.7 Å². The van der Waals surface area contributed by atoms with Crippen LogP contribution in [0.4, 0.5) is 0 Å². The number of hydrogen-bond acceptors (Lipinski definition) is 4. The molecule has 0 spiro atoms. The van der Waals surface area contributed by atoms with Crippen molar-refractivity contribution in [3.05, 3.63) is 0 Å². The number of rotatable bonds is 7. The van der Waals surface area contributed by atoms with E-state index < -0.39 is 9.84 Å². The lowest BCUT2D eigenvalue weighted by Gasteiger charge is -2.03. The average Bonchev–Trinajstić information content (AvgIpc) is 2.02. The van der Waals surface area contributed by atoms with Gasteiger partial charge in [0.05, 0.1) is 12.4 Å². The second kappa shape index (κ2) is 6.78. The van der Waals surface area contributed by atoms with Crippen molar-refractivity contribution in [1.82, 2.24) is 5.32 Å². The molecule has 0 aliphatic heterocycles. The Bertz CT molecular complexity index is 261. The summed E-state index contributed by atoms with van der Waals surface area (Å²) in [6.07, 6.45) is 1.78. The lowest BCUT2D eigenvalue weighted by Crippen LogP contribution is -2.27. The lowest BCUT2D eigenvalue weighted by atomic mass is 10.3. The quantitative estimate of drug-likeness (QED) is 0.595. The van der Waals surface area contributed by atoms with E-state index in [0.717, 1.165) is 6.26 Å². The summed E-state index contributed by atoms with van der Waals surface area (Å²) in [7, 11) is -1.40. The van der Waals surface area contributed by atoms with Crippen molar-refractivity contribution < 1.29 is 17.9 Å². The number of hydrogen-bond donors (Lipinski definition) is 1. The van der Waals surface area contributed by atoms with Gasteiger partial charge in [-0.2, -0.15) is 0 Å². The number of ether oxygens (including phenoxy) is 1. The second-order valence-corrected chi connectivity index (χ2v) is 5.34. The van der Waals surface area contributed by atoms with E-state index in [-0.39, 0.29) is 18.1 Å². The molecule has 0 unspecified atom stereocenters. The predicted molar refractivity (Wildman–Crippen MR) is 53.8 cm³/mol. The van der Waals surface area contributed by atoms with Crippen LogP contribution in [0.2, 0.25) is 0 Å². The molecule has 0 aromatic heterocycles. The first-order valence-electron chi connectivity index (χ1n) is 4.39. The summed E-state index contributed by atoms with van der Waals surface area (Å²) in [5, 5.41) is 2.61. The highest BCUT2D eigenvalue weighted by molar-refractivity contribution is 7.90. The molecular formula is C8H17NO4S. The van der Waals surface area contributed by atoms with Crippen molar-refractivity contribution in [2.45, 2.75) is 12.8 Å². The van der Waals surface area contributed by atoms with E-state index in [4.69, 9.17) is 4.74 Å². The first-order chi connectivity index (χ1) is 6.45. The first-order valence-corrected chi connectivity index (χ1v) is 6.45. The topological polar surface area (TPSA) is 72.5 Å². The number of amides is 1. The molecule has 0 saturated heterocycles. The fraction of sp³-hybridized carbons (Fsp3) is 0.875. The fourth-order valence-corrected chi connectivity index (χ4v) is 1.54. The zero-order valence-corrected chi connectivity index (χ0v) is 9.39. The van der Waals surface area contributed by atoms with E-state index in [0.29, 0.717) is 19.6 Å². The van der Waals surface area contributed by atoms with Crippen LogP contribution in [-0.4, -0.2) is 46.6 Å². The molecule has 0 bridgehead atoms. The number of carbonyl (C=O) groups excluding carboxylic acids is 1. The van der Waals surface area contributed by atoms with Gasteiger partial charge in [-0.1, -0.05) is 0 Å². The molecule has 0 rings (SSSR count). The molecule has 0 aliphatic carbocycles. The third kappa shape index (κ3) is 9.47. The van der Waals surface area contributed by atoms with Gasteiger partial charge >= 0.3 is 0 Å². The van der Waals surface area contributed by atoms with E-state index in [1.165, 1.54) is 0 Å².